The van der Waals surface area contributed by atoms with E-state index in [0.717, 1.165) is 5.56 Å². The number of hydrogen-bond acceptors (Lipinski definition) is 4. The van der Waals surface area contributed by atoms with E-state index in [0.29, 0.717) is 24.6 Å². The molecule has 5 heteroatoms. The molecule has 0 radical (unpaired) electrons. The van der Waals surface area contributed by atoms with Crippen molar-refractivity contribution in [1.29, 1.82) is 0 Å². The van der Waals surface area contributed by atoms with Gasteiger partial charge in [-0.05, 0) is 33.8 Å². The van der Waals surface area contributed by atoms with Crippen LogP contribution in [0.25, 0.3) is 0 Å². The summed E-state index contributed by atoms with van der Waals surface area (Å²) in [6, 6.07) is 5.64. The van der Waals surface area contributed by atoms with Crippen molar-refractivity contribution < 1.29 is 14.3 Å². The number of carbonyl (C=O) groups is 1. The quantitative estimate of drug-likeness (QED) is 0.808. The first kappa shape index (κ1) is 17.3. The Hall–Kier alpha value is -1.75. The topological polar surface area (TPSA) is 59.6 Å². The van der Waals surface area contributed by atoms with Crippen LogP contribution >= 0.6 is 0 Å². The van der Waals surface area contributed by atoms with Crippen LogP contribution in [-0.2, 0) is 11.3 Å². The molecule has 0 aromatic heterocycles. The van der Waals surface area contributed by atoms with Crippen LogP contribution in [0.2, 0.25) is 0 Å². The molecule has 21 heavy (non-hydrogen) atoms. The fourth-order valence-electron chi connectivity index (χ4n) is 1.69. The van der Waals surface area contributed by atoms with E-state index in [1.54, 1.807) is 13.2 Å². The lowest BCUT2D eigenvalue weighted by Gasteiger charge is -2.22. The van der Waals surface area contributed by atoms with Crippen molar-refractivity contribution in [1.82, 2.24) is 10.6 Å². The molecule has 0 spiro atoms. The third-order valence-electron chi connectivity index (χ3n) is 2.82. The molecule has 1 aromatic carbocycles. The Morgan fingerprint density at radius 1 is 1.29 bits per heavy atom. The Balaban J connectivity index is 2.79. The van der Waals surface area contributed by atoms with E-state index >= 15 is 0 Å². The predicted molar refractivity (Wildman–Crippen MR) is 83.8 cm³/mol. The van der Waals surface area contributed by atoms with Gasteiger partial charge in [-0.1, -0.05) is 6.07 Å². The van der Waals surface area contributed by atoms with Crippen LogP contribution in [0.1, 0.15) is 33.3 Å². The minimum Gasteiger partial charge on any atom is -0.497 e. The normalized spacial score (nSPS) is 11.1. The summed E-state index contributed by atoms with van der Waals surface area (Å²) in [5.74, 6) is 1.24. The number of rotatable bonds is 7. The van der Waals surface area contributed by atoms with Crippen molar-refractivity contribution in [3.8, 4) is 11.5 Å². The van der Waals surface area contributed by atoms with Crippen molar-refractivity contribution in [2.75, 3.05) is 20.3 Å². The summed E-state index contributed by atoms with van der Waals surface area (Å²) in [6.45, 7) is 9.45. The van der Waals surface area contributed by atoms with Gasteiger partial charge in [0.15, 0.2) is 6.61 Å². The van der Waals surface area contributed by atoms with Gasteiger partial charge in [0.05, 0.1) is 7.11 Å². The molecule has 0 aliphatic rings. The number of likely N-dealkylation sites (N-methyl/N-ethyl adjacent to an activating group) is 1. The fourth-order valence-corrected chi connectivity index (χ4v) is 1.69. The number of benzene rings is 1. The summed E-state index contributed by atoms with van der Waals surface area (Å²) in [7, 11) is 1.61. The molecule has 118 valence electrons. The van der Waals surface area contributed by atoms with Crippen LogP contribution in [0.5, 0.6) is 11.5 Å². The van der Waals surface area contributed by atoms with Crippen LogP contribution in [-0.4, -0.2) is 31.7 Å². The van der Waals surface area contributed by atoms with E-state index in [4.69, 9.17) is 9.47 Å². The maximum atomic E-state index is 11.5. The first-order valence-corrected chi connectivity index (χ1v) is 7.17. The number of nitrogens with one attached hydrogen (secondary N) is 2. The van der Waals surface area contributed by atoms with E-state index in [9.17, 15) is 4.79 Å². The lowest BCUT2D eigenvalue weighted by atomic mass is 10.1. The molecule has 0 aliphatic carbocycles. The highest BCUT2D eigenvalue weighted by Gasteiger charge is 2.12. The van der Waals surface area contributed by atoms with Crippen molar-refractivity contribution in [2.24, 2.45) is 0 Å². The summed E-state index contributed by atoms with van der Waals surface area (Å²) in [5.41, 5.74) is 1.01. The predicted octanol–water partition coefficient (Wildman–Crippen LogP) is 2.10. The maximum Gasteiger partial charge on any atom is 0.257 e. The smallest absolute Gasteiger partial charge is 0.257 e. The zero-order valence-corrected chi connectivity index (χ0v) is 13.6. The number of hydrogen-bond donors (Lipinski definition) is 2. The second-order valence-corrected chi connectivity index (χ2v) is 5.82. The Bertz CT molecular complexity index is 467. The molecule has 0 atom stereocenters. The van der Waals surface area contributed by atoms with Crippen molar-refractivity contribution in [3.63, 3.8) is 0 Å². The van der Waals surface area contributed by atoms with Crippen molar-refractivity contribution in [3.05, 3.63) is 23.8 Å². The number of carbonyl (C=O) groups excluding carboxylic acids is 1. The highest BCUT2D eigenvalue weighted by Crippen LogP contribution is 2.25. The second kappa shape index (κ2) is 7.88. The molecule has 5 nitrogen and oxygen atoms in total. The maximum absolute atomic E-state index is 11.5. The Kier molecular flexibility index (Phi) is 6.49. The molecular formula is C16H26N2O3. The van der Waals surface area contributed by atoms with Gasteiger partial charge >= 0.3 is 0 Å². The number of amides is 1. The minimum absolute atomic E-state index is 0.00350. The SMILES string of the molecule is CCNC(=O)COc1cc(OC)ccc1CNC(C)(C)C. The molecule has 0 fully saturated rings. The van der Waals surface area contributed by atoms with E-state index in [-0.39, 0.29) is 18.1 Å². The van der Waals surface area contributed by atoms with Gasteiger partial charge in [-0.15, -0.1) is 0 Å². The lowest BCUT2D eigenvalue weighted by Crippen LogP contribution is -2.35. The highest BCUT2D eigenvalue weighted by atomic mass is 16.5. The van der Waals surface area contributed by atoms with Crippen LogP contribution in [0.15, 0.2) is 18.2 Å². The molecule has 0 heterocycles. The second-order valence-electron chi connectivity index (χ2n) is 5.82. The summed E-state index contributed by atoms with van der Waals surface area (Å²) < 4.78 is 10.8. The molecular weight excluding hydrogens is 268 g/mol. The Morgan fingerprint density at radius 3 is 2.57 bits per heavy atom. The van der Waals surface area contributed by atoms with Gasteiger partial charge in [0, 0.05) is 30.3 Å². The van der Waals surface area contributed by atoms with Crippen LogP contribution < -0.4 is 20.1 Å². The summed E-state index contributed by atoms with van der Waals surface area (Å²) in [5, 5.41) is 6.12. The average molecular weight is 294 g/mol. The molecule has 0 saturated carbocycles. The van der Waals surface area contributed by atoms with Crippen LogP contribution in [0, 0.1) is 0 Å². The minimum atomic E-state index is -0.130. The van der Waals surface area contributed by atoms with Gasteiger partial charge < -0.3 is 20.1 Å². The van der Waals surface area contributed by atoms with Gasteiger partial charge in [0.2, 0.25) is 0 Å². The van der Waals surface area contributed by atoms with E-state index in [1.165, 1.54) is 0 Å². The van der Waals surface area contributed by atoms with Crippen molar-refractivity contribution >= 4 is 5.91 Å². The standard InChI is InChI=1S/C16H26N2O3/c1-6-17-15(19)11-21-14-9-13(20-5)8-7-12(14)10-18-16(2,3)4/h7-9,18H,6,10-11H2,1-5H3,(H,17,19). The number of methoxy groups -OCH3 is 1. The zero-order chi connectivity index (χ0) is 15.9. The summed E-state index contributed by atoms with van der Waals surface area (Å²) in [4.78, 5) is 11.5. The van der Waals surface area contributed by atoms with Gasteiger partial charge in [0.25, 0.3) is 5.91 Å². The lowest BCUT2D eigenvalue weighted by molar-refractivity contribution is -0.123. The van der Waals surface area contributed by atoms with Gasteiger partial charge in [-0.2, -0.15) is 0 Å². The first-order valence-electron chi connectivity index (χ1n) is 7.17. The Morgan fingerprint density at radius 2 is 2.00 bits per heavy atom. The van der Waals surface area contributed by atoms with Crippen molar-refractivity contribution in [2.45, 2.75) is 39.8 Å². The van der Waals surface area contributed by atoms with E-state index in [2.05, 4.69) is 31.4 Å². The van der Waals surface area contributed by atoms with E-state index < -0.39 is 0 Å². The molecule has 0 unspecified atom stereocenters. The Labute approximate surface area is 127 Å². The number of ether oxygens (including phenoxy) is 2. The van der Waals surface area contributed by atoms with Gasteiger partial charge in [-0.25, -0.2) is 0 Å². The molecule has 0 bridgehead atoms. The monoisotopic (exact) mass is 294 g/mol. The average Bonchev–Trinajstić information content (AvgIpc) is 2.42. The molecule has 2 N–H and O–H groups in total. The summed E-state index contributed by atoms with van der Waals surface area (Å²) >= 11 is 0. The fraction of sp³-hybridized carbons (Fsp3) is 0.562. The highest BCUT2D eigenvalue weighted by molar-refractivity contribution is 5.77. The molecule has 1 amide bonds. The zero-order valence-electron chi connectivity index (χ0n) is 13.6. The first-order chi connectivity index (χ1) is 9.85. The van der Waals surface area contributed by atoms with Crippen LogP contribution in [0.4, 0.5) is 0 Å². The molecule has 0 saturated heterocycles. The third kappa shape index (κ3) is 6.49. The summed E-state index contributed by atoms with van der Waals surface area (Å²) in [6.07, 6.45) is 0. The van der Waals surface area contributed by atoms with Crippen LogP contribution in [0.3, 0.4) is 0 Å². The van der Waals surface area contributed by atoms with Gasteiger partial charge in [0.1, 0.15) is 11.5 Å². The molecule has 0 aliphatic heterocycles. The third-order valence-corrected chi connectivity index (χ3v) is 2.82. The van der Waals surface area contributed by atoms with Gasteiger partial charge in [-0.3, -0.25) is 4.79 Å². The molecule has 1 aromatic rings. The molecule has 1 rings (SSSR count). The van der Waals surface area contributed by atoms with E-state index in [1.807, 2.05) is 19.1 Å². The largest absolute Gasteiger partial charge is 0.497 e.